The molecule has 144 valence electrons. The van der Waals surface area contributed by atoms with E-state index in [1.165, 1.54) is 0 Å². The van der Waals surface area contributed by atoms with Crippen LogP contribution in [0.3, 0.4) is 0 Å². The number of nitrogens with zero attached hydrogens (tertiary/aromatic N) is 3. The van der Waals surface area contributed by atoms with Crippen LogP contribution in [0.4, 0.5) is 0 Å². The van der Waals surface area contributed by atoms with Crippen molar-refractivity contribution in [3.8, 4) is 0 Å². The summed E-state index contributed by atoms with van der Waals surface area (Å²) in [6, 6.07) is 15.1. The maximum absolute atomic E-state index is 12.7. The fourth-order valence-electron chi connectivity index (χ4n) is 3.88. The highest BCUT2D eigenvalue weighted by Crippen LogP contribution is 2.27. The first kappa shape index (κ1) is 18.4. The molecule has 1 aliphatic carbocycles. The van der Waals surface area contributed by atoms with E-state index in [1.54, 1.807) is 18.5 Å². The standard InChI is InChI=1S/C22H24N4O2/c27-21-14-17(15-26-10-4-9-24-26)13-20(21)25-22(28)18-6-3-5-16(11-18)12-19-7-1-2-8-23-19/h1-11,17,20-21,27H,12-15H2,(H,25,28)/t17?,20-,21-/m1/s1. The van der Waals surface area contributed by atoms with Crippen LogP contribution in [0.5, 0.6) is 0 Å². The second-order valence-electron chi connectivity index (χ2n) is 7.41. The van der Waals surface area contributed by atoms with Gasteiger partial charge in [0.2, 0.25) is 0 Å². The van der Waals surface area contributed by atoms with Gasteiger partial charge in [0.15, 0.2) is 0 Å². The van der Waals surface area contributed by atoms with E-state index < -0.39 is 6.10 Å². The molecule has 4 rings (SSSR count). The van der Waals surface area contributed by atoms with E-state index in [1.807, 2.05) is 53.3 Å². The molecule has 2 N–H and O–H groups in total. The van der Waals surface area contributed by atoms with Crippen molar-refractivity contribution >= 4 is 5.91 Å². The molecule has 0 spiro atoms. The van der Waals surface area contributed by atoms with Gasteiger partial charge < -0.3 is 10.4 Å². The summed E-state index contributed by atoms with van der Waals surface area (Å²) in [4.78, 5) is 17.1. The Morgan fingerprint density at radius 3 is 2.86 bits per heavy atom. The number of carbonyl (C=O) groups excluding carboxylic acids is 1. The van der Waals surface area contributed by atoms with Crippen LogP contribution in [0.1, 0.15) is 34.5 Å². The molecule has 0 saturated heterocycles. The molecule has 1 aliphatic rings. The van der Waals surface area contributed by atoms with E-state index in [0.29, 0.717) is 24.3 Å². The Balaban J connectivity index is 1.37. The highest BCUT2D eigenvalue weighted by molar-refractivity contribution is 5.94. The molecule has 2 aromatic heterocycles. The Morgan fingerprint density at radius 1 is 1.14 bits per heavy atom. The van der Waals surface area contributed by atoms with Gasteiger partial charge in [-0.3, -0.25) is 14.5 Å². The third-order valence-electron chi connectivity index (χ3n) is 5.25. The number of amides is 1. The minimum absolute atomic E-state index is 0.147. The van der Waals surface area contributed by atoms with E-state index >= 15 is 0 Å². The van der Waals surface area contributed by atoms with Gasteiger partial charge in [-0.15, -0.1) is 0 Å². The monoisotopic (exact) mass is 376 g/mol. The lowest BCUT2D eigenvalue weighted by molar-refractivity contribution is 0.0872. The van der Waals surface area contributed by atoms with Crippen molar-refractivity contribution in [2.75, 3.05) is 0 Å². The lowest BCUT2D eigenvalue weighted by Crippen LogP contribution is -2.39. The number of rotatable bonds is 6. The fraction of sp³-hybridized carbons (Fsp3) is 0.318. The highest BCUT2D eigenvalue weighted by atomic mass is 16.3. The van der Waals surface area contributed by atoms with Crippen LogP contribution in [0.25, 0.3) is 0 Å². The van der Waals surface area contributed by atoms with Crippen molar-refractivity contribution in [2.24, 2.45) is 5.92 Å². The molecular formula is C22H24N4O2. The van der Waals surface area contributed by atoms with Crippen LogP contribution in [-0.4, -0.2) is 37.9 Å². The van der Waals surface area contributed by atoms with Gasteiger partial charge in [0.05, 0.1) is 12.1 Å². The molecule has 1 amide bonds. The number of carbonyl (C=O) groups is 1. The minimum Gasteiger partial charge on any atom is -0.391 e. The molecule has 28 heavy (non-hydrogen) atoms. The third kappa shape index (κ3) is 4.46. The van der Waals surface area contributed by atoms with Crippen molar-refractivity contribution in [3.05, 3.63) is 83.9 Å². The Morgan fingerprint density at radius 2 is 2.07 bits per heavy atom. The summed E-state index contributed by atoms with van der Waals surface area (Å²) < 4.78 is 1.88. The average molecular weight is 376 g/mol. The first-order valence-corrected chi connectivity index (χ1v) is 9.62. The lowest BCUT2D eigenvalue weighted by atomic mass is 10.0. The first-order valence-electron chi connectivity index (χ1n) is 9.62. The molecule has 1 aromatic carbocycles. The molecule has 0 radical (unpaired) electrons. The van der Waals surface area contributed by atoms with Crippen molar-refractivity contribution in [1.29, 1.82) is 0 Å². The number of hydrogen-bond donors (Lipinski definition) is 2. The summed E-state index contributed by atoms with van der Waals surface area (Å²) in [7, 11) is 0. The fourth-order valence-corrected chi connectivity index (χ4v) is 3.88. The van der Waals surface area contributed by atoms with Crippen LogP contribution in [-0.2, 0) is 13.0 Å². The predicted molar refractivity (Wildman–Crippen MR) is 106 cm³/mol. The van der Waals surface area contributed by atoms with E-state index in [9.17, 15) is 9.90 Å². The number of aliphatic hydroxyl groups is 1. The zero-order chi connectivity index (χ0) is 19.3. The quantitative estimate of drug-likeness (QED) is 0.692. The number of nitrogens with one attached hydrogen (secondary N) is 1. The first-order chi connectivity index (χ1) is 13.7. The molecule has 6 nitrogen and oxygen atoms in total. The van der Waals surface area contributed by atoms with Crippen LogP contribution in [0.15, 0.2) is 67.1 Å². The molecule has 1 unspecified atom stereocenters. The Bertz CT molecular complexity index is 911. The van der Waals surface area contributed by atoms with Crippen molar-refractivity contribution in [1.82, 2.24) is 20.1 Å². The zero-order valence-corrected chi connectivity index (χ0v) is 15.6. The van der Waals surface area contributed by atoms with Gasteiger partial charge in [-0.1, -0.05) is 18.2 Å². The molecule has 1 fully saturated rings. The van der Waals surface area contributed by atoms with Crippen molar-refractivity contribution < 1.29 is 9.90 Å². The second-order valence-corrected chi connectivity index (χ2v) is 7.41. The molecular weight excluding hydrogens is 352 g/mol. The van der Waals surface area contributed by atoms with Crippen LogP contribution in [0, 0.1) is 5.92 Å². The van der Waals surface area contributed by atoms with Gasteiger partial charge in [-0.2, -0.15) is 5.10 Å². The largest absolute Gasteiger partial charge is 0.391 e. The van der Waals surface area contributed by atoms with E-state index in [-0.39, 0.29) is 11.9 Å². The molecule has 2 heterocycles. The van der Waals surface area contributed by atoms with E-state index in [4.69, 9.17) is 0 Å². The molecule has 6 heteroatoms. The summed E-state index contributed by atoms with van der Waals surface area (Å²) in [6.45, 7) is 0.760. The number of hydrogen-bond acceptors (Lipinski definition) is 4. The normalized spacial score (nSPS) is 21.5. The van der Waals surface area contributed by atoms with Gasteiger partial charge in [-0.25, -0.2) is 0 Å². The van der Waals surface area contributed by atoms with Crippen molar-refractivity contribution in [2.45, 2.75) is 38.0 Å². The molecule has 1 saturated carbocycles. The summed E-state index contributed by atoms with van der Waals surface area (Å²) in [5, 5.41) is 17.6. The number of aromatic nitrogens is 3. The Hall–Kier alpha value is -2.99. The van der Waals surface area contributed by atoms with Crippen molar-refractivity contribution in [3.63, 3.8) is 0 Å². The van der Waals surface area contributed by atoms with Crippen LogP contribution < -0.4 is 5.32 Å². The Labute approximate surface area is 164 Å². The lowest BCUT2D eigenvalue weighted by Gasteiger charge is -2.17. The smallest absolute Gasteiger partial charge is 0.251 e. The molecule has 0 bridgehead atoms. The SMILES string of the molecule is O=C(N[C@@H]1CC(Cn2cccn2)C[C@H]1O)c1cccc(Cc2ccccn2)c1. The Kier molecular flexibility index (Phi) is 5.48. The summed E-state index contributed by atoms with van der Waals surface area (Å²) in [5.74, 6) is 0.155. The van der Waals surface area contributed by atoms with Gasteiger partial charge in [0.1, 0.15) is 0 Å². The van der Waals surface area contributed by atoms with Gasteiger partial charge >= 0.3 is 0 Å². The number of benzene rings is 1. The maximum atomic E-state index is 12.7. The van der Waals surface area contributed by atoms with Gasteiger partial charge in [0.25, 0.3) is 5.91 Å². The van der Waals surface area contributed by atoms with Crippen LogP contribution in [0.2, 0.25) is 0 Å². The summed E-state index contributed by atoms with van der Waals surface area (Å²) >= 11 is 0. The predicted octanol–water partition coefficient (Wildman–Crippen LogP) is 2.44. The zero-order valence-electron chi connectivity index (χ0n) is 15.6. The molecule has 3 aromatic rings. The van der Waals surface area contributed by atoms with Gasteiger partial charge in [-0.05, 0) is 54.7 Å². The minimum atomic E-state index is -0.527. The molecule has 3 atom stereocenters. The summed E-state index contributed by atoms with van der Waals surface area (Å²) in [5.41, 5.74) is 2.61. The third-order valence-corrected chi connectivity index (χ3v) is 5.25. The number of pyridine rings is 1. The highest BCUT2D eigenvalue weighted by Gasteiger charge is 2.34. The molecule has 0 aliphatic heterocycles. The van der Waals surface area contributed by atoms with E-state index in [0.717, 1.165) is 24.2 Å². The number of aliphatic hydroxyl groups excluding tert-OH is 1. The topological polar surface area (TPSA) is 80.0 Å². The summed E-state index contributed by atoms with van der Waals surface area (Å²) in [6.07, 6.45) is 7.02. The average Bonchev–Trinajstić information content (AvgIpc) is 3.33. The maximum Gasteiger partial charge on any atom is 0.251 e. The van der Waals surface area contributed by atoms with Crippen LogP contribution >= 0.6 is 0 Å². The van der Waals surface area contributed by atoms with Gasteiger partial charge in [0, 0.05) is 42.8 Å². The van der Waals surface area contributed by atoms with E-state index in [2.05, 4.69) is 15.4 Å². The second kappa shape index (κ2) is 8.35.